The van der Waals surface area contributed by atoms with Crippen molar-refractivity contribution in [1.29, 1.82) is 0 Å². The number of carbonyl (C=O) groups excluding carboxylic acids is 2. The van der Waals surface area contributed by atoms with E-state index in [-0.39, 0.29) is 18.9 Å². The molecule has 21 heavy (non-hydrogen) atoms. The number of nitrogens with two attached hydrogens (primary N) is 1. The van der Waals surface area contributed by atoms with Crippen molar-refractivity contribution in [3.63, 3.8) is 0 Å². The van der Waals surface area contributed by atoms with Crippen LogP contribution in [0.1, 0.15) is 5.56 Å². The molecule has 0 aliphatic rings. The van der Waals surface area contributed by atoms with Gasteiger partial charge < -0.3 is 15.8 Å². The Morgan fingerprint density at radius 2 is 1.81 bits per heavy atom. The zero-order chi connectivity index (χ0) is 15.1. The fraction of sp³-hybridized carbons (Fsp3) is 0.125. The summed E-state index contributed by atoms with van der Waals surface area (Å²) in [4.78, 5) is 23.3. The van der Waals surface area contributed by atoms with Crippen molar-refractivity contribution < 1.29 is 14.3 Å². The lowest BCUT2D eigenvalue weighted by atomic mass is 10.1. The Kier molecular flexibility index (Phi) is 4.93. The number of nitrogens with one attached hydrogen (secondary N) is 1. The minimum atomic E-state index is -0.469. The monoisotopic (exact) mass is 284 g/mol. The Morgan fingerprint density at radius 3 is 2.52 bits per heavy atom. The summed E-state index contributed by atoms with van der Waals surface area (Å²) in [6.45, 7) is -0.309. The maximum absolute atomic E-state index is 11.6. The van der Waals surface area contributed by atoms with Crippen molar-refractivity contribution in [1.82, 2.24) is 0 Å². The van der Waals surface area contributed by atoms with Crippen LogP contribution in [-0.4, -0.2) is 18.5 Å². The van der Waals surface area contributed by atoms with Crippen LogP contribution in [0.15, 0.2) is 54.6 Å². The SMILES string of the molecule is Nc1cccc(CC(=O)OCC(=O)Nc2ccccc2)c1. The molecule has 0 unspecified atom stereocenters. The summed E-state index contributed by atoms with van der Waals surface area (Å²) in [6, 6.07) is 16.0. The van der Waals surface area contributed by atoms with Crippen molar-refractivity contribution >= 4 is 23.3 Å². The third-order valence-electron chi connectivity index (χ3n) is 2.72. The number of anilines is 2. The minimum Gasteiger partial charge on any atom is -0.455 e. The summed E-state index contributed by atoms with van der Waals surface area (Å²) in [5.41, 5.74) is 7.63. The molecule has 0 aromatic heterocycles. The van der Waals surface area contributed by atoms with Crippen molar-refractivity contribution in [3.8, 4) is 0 Å². The first-order chi connectivity index (χ1) is 10.1. The lowest BCUT2D eigenvalue weighted by Gasteiger charge is -2.07. The molecule has 0 fully saturated rings. The van der Waals surface area contributed by atoms with Gasteiger partial charge in [0.1, 0.15) is 0 Å². The molecule has 0 saturated heterocycles. The van der Waals surface area contributed by atoms with E-state index in [1.54, 1.807) is 48.5 Å². The van der Waals surface area contributed by atoms with E-state index in [4.69, 9.17) is 10.5 Å². The largest absolute Gasteiger partial charge is 0.455 e. The summed E-state index contributed by atoms with van der Waals surface area (Å²) in [7, 11) is 0. The number of nitrogen functional groups attached to an aromatic ring is 1. The van der Waals surface area contributed by atoms with E-state index in [0.717, 1.165) is 5.56 Å². The lowest BCUT2D eigenvalue weighted by Crippen LogP contribution is -2.21. The first-order valence-corrected chi connectivity index (χ1v) is 6.48. The molecule has 1 amide bonds. The smallest absolute Gasteiger partial charge is 0.310 e. The Labute approximate surface area is 122 Å². The molecule has 0 aliphatic carbocycles. The highest BCUT2D eigenvalue weighted by molar-refractivity contribution is 5.92. The van der Waals surface area contributed by atoms with Gasteiger partial charge in [-0.15, -0.1) is 0 Å². The molecule has 0 radical (unpaired) electrons. The van der Waals surface area contributed by atoms with Crippen LogP contribution in [0.4, 0.5) is 11.4 Å². The number of para-hydroxylation sites is 1. The van der Waals surface area contributed by atoms with Gasteiger partial charge in [0.2, 0.25) is 0 Å². The molecule has 2 aromatic carbocycles. The Balaban J connectivity index is 1.77. The van der Waals surface area contributed by atoms with E-state index in [9.17, 15) is 9.59 Å². The highest BCUT2D eigenvalue weighted by Crippen LogP contribution is 2.08. The molecule has 0 spiro atoms. The van der Waals surface area contributed by atoms with Gasteiger partial charge >= 0.3 is 5.97 Å². The highest BCUT2D eigenvalue weighted by atomic mass is 16.5. The predicted octanol–water partition coefficient (Wildman–Crippen LogP) is 1.99. The zero-order valence-electron chi connectivity index (χ0n) is 11.4. The van der Waals surface area contributed by atoms with Gasteiger partial charge in [0, 0.05) is 11.4 Å². The minimum absolute atomic E-state index is 0.0870. The van der Waals surface area contributed by atoms with Gasteiger partial charge in [-0.1, -0.05) is 30.3 Å². The second kappa shape index (κ2) is 7.09. The van der Waals surface area contributed by atoms with Crippen molar-refractivity contribution in [2.24, 2.45) is 0 Å². The molecule has 108 valence electrons. The van der Waals surface area contributed by atoms with E-state index in [0.29, 0.717) is 11.4 Å². The number of rotatable bonds is 5. The quantitative estimate of drug-likeness (QED) is 0.650. The Morgan fingerprint density at radius 1 is 1.05 bits per heavy atom. The molecule has 0 aliphatic heterocycles. The molecule has 0 saturated carbocycles. The second-order valence-electron chi connectivity index (χ2n) is 4.50. The molecule has 5 nitrogen and oxygen atoms in total. The van der Waals surface area contributed by atoms with Gasteiger partial charge in [0.25, 0.3) is 5.91 Å². The highest BCUT2D eigenvalue weighted by Gasteiger charge is 2.09. The number of benzene rings is 2. The zero-order valence-corrected chi connectivity index (χ0v) is 11.4. The molecular formula is C16H16N2O3. The average Bonchev–Trinajstić information content (AvgIpc) is 2.46. The molecule has 2 rings (SSSR count). The van der Waals surface area contributed by atoms with Crippen LogP contribution < -0.4 is 11.1 Å². The van der Waals surface area contributed by atoms with E-state index in [2.05, 4.69) is 5.32 Å². The van der Waals surface area contributed by atoms with Crippen LogP contribution in [-0.2, 0) is 20.7 Å². The fourth-order valence-corrected chi connectivity index (χ4v) is 1.79. The van der Waals surface area contributed by atoms with Gasteiger partial charge in [-0.05, 0) is 29.8 Å². The third kappa shape index (κ3) is 4.99. The molecule has 0 heterocycles. The summed E-state index contributed by atoms with van der Waals surface area (Å²) in [6.07, 6.45) is 0.0870. The van der Waals surface area contributed by atoms with Crippen molar-refractivity contribution in [2.75, 3.05) is 17.7 Å². The maximum Gasteiger partial charge on any atom is 0.310 e. The number of hydrogen-bond donors (Lipinski definition) is 2. The number of amides is 1. The van der Waals surface area contributed by atoms with Gasteiger partial charge in [-0.2, -0.15) is 0 Å². The molecule has 5 heteroatoms. The van der Waals surface area contributed by atoms with E-state index < -0.39 is 5.97 Å². The molecule has 0 bridgehead atoms. The van der Waals surface area contributed by atoms with E-state index >= 15 is 0 Å². The van der Waals surface area contributed by atoms with Crippen LogP contribution in [0.3, 0.4) is 0 Å². The van der Waals surface area contributed by atoms with Gasteiger partial charge in [0.15, 0.2) is 6.61 Å². The topological polar surface area (TPSA) is 81.4 Å². The average molecular weight is 284 g/mol. The summed E-state index contributed by atoms with van der Waals surface area (Å²) >= 11 is 0. The first-order valence-electron chi connectivity index (χ1n) is 6.48. The Hall–Kier alpha value is -2.82. The normalized spacial score (nSPS) is 9.90. The fourth-order valence-electron chi connectivity index (χ4n) is 1.79. The standard InChI is InChI=1S/C16H16N2O3/c17-13-6-4-5-12(9-13)10-16(20)21-11-15(19)18-14-7-2-1-3-8-14/h1-9H,10-11,17H2,(H,18,19). The molecule has 2 aromatic rings. The predicted molar refractivity (Wildman–Crippen MR) is 80.6 cm³/mol. The van der Waals surface area contributed by atoms with Crippen LogP contribution >= 0.6 is 0 Å². The first kappa shape index (κ1) is 14.6. The van der Waals surface area contributed by atoms with Crippen LogP contribution in [0, 0.1) is 0 Å². The number of esters is 1. The molecule has 0 atom stereocenters. The number of hydrogen-bond acceptors (Lipinski definition) is 4. The number of ether oxygens (including phenoxy) is 1. The maximum atomic E-state index is 11.6. The van der Waals surface area contributed by atoms with Gasteiger partial charge in [-0.3, -0.25) is 9.59 Å². The van der Waals surface area contributed by atoms with Gasteiger partial charge in [0.05, 0.1) is 6.42 Å². The molecule has 3 N–H and O–H groups in total. The summed E-state index contributed by atoms with van der Waals surface area (Å²) < 4.78 is 4.93. The second-order valence-corrected chi connectivity index (χ2v) is 4.50. The van der Waals surface area contributed by atoms with Crippen molar-refractivity contribution in [3.05, 3.63) is 60.2 Å². The van der Waals surface area contributed by atoms with Crippen LogP contribution in [0.5, 0.6) is 0 Å². The van der Waals surface area contributed by atoms with Crippen molar-refractivity contribution in [2.45, 2.75) is 6.42 Å². The van der Waals surface area contributed by atoms with E-state index in [1.807, 2.05) is 6.07 Å². The van der Waals surface area contributed by atoms with Crippen LogP contribution in [0.25, 0.3) is 0 Å². The molecular weight excluding hydrogens is 268 g/mol. The van der Waals surface area contributed by atoms with Crippen LogP contribution in [0.2, 0.25) is 0 Å². The lowest BCUT2D eigenvalue weighted by molar-refractivity contribution is -0.146. The number of carbonyl (C=O) groups is 2. The summed E-state index contributed by atoms with van der Waals surface area (Å²) in [5, 5.41) is 2.63. The third-order valence-corrected chi connectivity index (χ3v) is 2.72. The van der Waals surface area contributed by atoms with Gasteiger partial charge in [-0.25, -0.2) is 0 Å². The Bertz CT molecular complexity index is 626. The van der Waals surface area contributed by atoms with E-state index in [1.165, 1.54) is 0 Å². The summed E-state index contributed by atoms with van der Waals surface area (Å²) in [5.74, 6) is -0.842.